The van der Waals surface area contributed by atoms with Crippen molar-refractivity contribution in [1.29, 1.82) is 0 Å². The van der Waals surface area contributed by atoms with Gasteiger partial charge in [0.1, 0.15) is 5.82 Å². The molecule has 0 atom stereocenters. The fourth-order valence-electron chi connectivity index (χ4n) is 1.62. The van der Waals surface area contributed by atoms with Gasteiger partial charge in [-0.15, -0.1) is 0 Å². The number of pyridine rings is 1. The summed E-state index contributed by atoms with van der Waals surface area (Å²) in [5, 5.41) is 3.42. The number of hydrogen-bond donors (Lipinski definition) is 2. The first-order valence-corrected chi connectivity index (χ1v) is 5.84. The van der Waals surface area contributed by atoms with Crippen LogP contribution in [-0.4, -0.2) is 4.98 Å². The van der Waals surface area contributed by atoms with E-state index in [1.807, 2.05) is 0 Å². The van der Waals surface area contributed by atoms with Gasteiger partial charge in [0.25, 0.3) is 0 Å². The fourth-order valence-corrected chi connectivity index (χ4v) is 1.77. The van der Waals surface area contributed by atoms with E-state index in [0.717, 1.165) is 11.3 Å². The van der Waals surface area contributed by atoms with Gasteiger partial charge in [-0.2, -0.15) is 0 Å². The molecular weight excluding hydrogens is 253 g/mol. The van der Waals surface area contributed by atoms with Crippen LogP contribution in [0.25, 0.3) is 0 Å². The summed E-state index contributed by atoms with van der Waals surface area (Å²) in [5.41, 5.74) is 8.51. The first-order chi connectivity index (χ1) is 8.58. The lowest BCUT2D eigenvalue weighted by Gasteiger charge is -2.10. The zero-order valence-electron chi connectivity index (χ0n) is 9.87. The Morgan fingerprint density at radius 2 is 2.17 bits per heavy atom. The maximum atomic E-state index is 13.1. The maximum Gasteiger partial charge on any atom is 0.153 e. The van der Waals surface area contributed by atoms with E-state index in [-0.39, 0.29) is 11.0 Å². The van der Waals surface area contributed by atoms with Crippen molar-refractivity contribution < 1.29 is 4.39 Å². The summed E-state index contributed by atoms with van der Waals surface area (Å²) in [4.78, 5) is 3.87. The SMILES string of the molecule is Cc1cc(CNc2ccnc(Cl)c2N)ccc1F. The summed E-state index contributed by atoms with van der Waals surface area (Å²) in [5.74, 6) is -0.204. The van der Waals surface area contributed by atoms with Crippen molar-refractivity contribution in [1.82, 2.24) is 4.98 Å². The maximum absolute atomic E-state index is 13.1. The number of nitrogen functional groups attached to an aromatic ring is 1. The topological polar surface area (TPSA) is 50.9 Å². The number of aryl methyl sites for hydroxylation is 1. The van der Waals surface area contributed by atoms with Crippen LogP contribution >= 0.6 is 11.6 Å². The fraction of sp³-hybridized carbons (Fsp3) is 0.154. The molecule has 3 N–H and O–H groups in total. The third-order valence-electron chi connectivity index (χ3n) is 2.65. The lowest BCUT2D eigenvalue weighted by atomic mass is 10.1. The first kappa shape index (κ1) is 12.6. The molecule has 2 rings (SSSR count). The third kappa shape index (κ3) is 2.71. The average Bonchev–Trinajstić information content (AvgIpc) is 2.35. The monoisotopic (exact) mass is 265 g/mol. The second-order valence-corrected chi connectivity index (χ2v) is 4.36. The highest BCUT2D eigenvalue weighted by Gasteiger charge is 2.04. The molecule has 0 radical (unpaired) electrons. The van der Waals surface area contributed by atoms with E-state index in [0.29, 0.717) is 17.8 Å². The smallest absolute Gasteiger partial charge is 0.153 e. The Kier molecular flexibility index (Phi) is 3.67. The van der Waals surface area contributed by atoms with Crippen molar-refractivity contribution in [3.8, 4) is 0 Å². The van der Waals surface area contributed by atoms with Gasteiger partial charge in [0.15, 0.2) is 5.15 Å². The molecule has 0 aliphatic heterocycles. The quantitative estimate of drug-likeness (QED) is 0.837. The molecule has 0 unspecified atom stereocenters. The van der Waals surface area contributed by atoms with Crippen LogP contribution in [-0.2, 0) is 6.54 Å². The molecule has 0 aliphatic rings. The Morgan fingerprint density at radius 3 is 2.89 bits per heavy atom. The minimum Gasteiger partial charge on any atom is -0.395 e. The molecule has 0 fully saturated rings. The van der Waals surface area contributed by atoms with Crippen molar-refractivity contribution in [2.45, 2.75) is 13.5 Å². The summed E-state index contributed by atoms with van der Waals surface area (Å²) in [6, 6.07) is 6.72. The minimum atomic E-state index is -0.204. The zero-order chi connectivity index (χ0) is 13.1. The Hall–Kier alpha value is -1.81. The average molecular weight is 266 g/mol. The van der Waals surface area contributed by atoms with Crippen molar-refractivity contribution >= 4 is 23.0 Å². The second kappa shape index (κ2) is 5.23. The lowest BCUT2D eigenvalue weighted by Crippen LogP contribution is -2.04. The lowest BCUT2D eigenvalue weighted by molar-refractivity contribution is 0.617. The van der Waals surface area contributed by atoms with Crippen LogP contribution in [0.2, 0.25) is 5.15 Å². The molecule has 1 heterocycles. The van der Waals surface area contributed by atoms with Crippen LogP contribution in [0.5, 0.6) is 0 Å². The highest BCUT2D eigenvalue weighted by atomic mass is 35.5. The summed E-state index contributed by atoms with van der Waals surface area (Å²) in [6.07, 6.45) is 1.58. The van der Waals surface area contributed by atoms with Crippen LogP contribution < -0.4 is 11.1 Å². The summed E-state index contributed by atoms with van der Waals surface area (Å²) < 4.78 is 13.1. The standard InChI is InChI=1S/C13H13ClFN3/c1-8-6-9(2-3-10(8)15)7-18-11-4-5-17-13(14)12(11)16/h2-6H,7,16H2,1H3,(H,17,18). The van der Waals surface area contributed by atoms with E-state index in [1.165, 1.54) is 6.07 Å². The Balaban J connectivity index is 2.11. The van der Waals surface area contributed by atoms with Crippen LogP contribution in [0.4, 0.5) is 15.8 Å². The molecule has 1 aromatic carbocycles. The highest BCUT2D eigenvalue weighted by Crippen LogP contribution is 2.24. The minimum absolute atomic E-state index is 0.204. The van der Waals surface area contributed by atoms with Gasteiger partial charge in [-0.3, -0.25) is 0 Å². The van der Waals surface area contributed by atoms with E-state index in [4.69, 9.17) is 17.3 Å². The van der Waals surface area contributed by atoms with Crippen LogP contribution in [0, 0.1) is 12.7 Å². The molecule has 3 nitrogen and oxygen atoms in total. The Labute approximate surface area is 110 Å². The van der Waals surface area contributed by atoms with Gasteiger partial charge >= 0.3 is 0 Å². The second-order valence-electron chi connectivity index (χ2n) is 4.00. The van der Waals surface area contributed by atoms with Crippen molar-refractivity contribution in [2.24, 2.45) is 0 Å². The van der Waals surface area contributed by atoms with Crippen LogP contribution in [0.1, 0.15) is 11.1 Å². The van der Waals surface area contributed by atoms with Crippen molar-refractivity contribution in [2.75, 3.05) is 11.1 Å². The molecular formula is C13H13ClFN3. The van der Waals surface area contributed by atoms with E-state index < -0.39 is 0 Å². The number of rotatable bonds is 3. The zero-order valence-corrected chi connectivity index (χ0v) is 10.6. The molecule has 18 heavy (non-hydrogen) atoms. The normalized spacial score (nSPS) is 10.4. The summed E-state index contributed by atoms with van der Waals surface area (Å²) in [7, 11) is 0. The molecule has 1 aromatic heterocycles. The van der Waals surface area contributed by atoms with Gasteiger partial charge in [-0.05, 0) is 30.2 Å². The van der Waals surface area contributed by atoms with Crippen molar-refractivity contribution in [3.63, 3.8) is 0 Å². The molecule has 0 saturated carbocycles. The Morgan fingerprint density at radius 1 is 1.39 bits per heavy atom. The highest BCUT2D eigenvalue weighted by molar-refractivity contribution is 6.32. The van der Waals surface area contributed by atoms with Gasteiger partial charge in [0, 0.05) is 12.7 Å². The molecule has 0 spiro atoms. The number of halogens is 2. The van der Waals surface area contributed by atoms with Gasteiger partial charge in [0.05, 0.1) is 11.4 Å². The molecule has 2 aromatic rings. The third-order valence-corrected chi connectivity index (χ3v) is 2.95. The van der Waals surface area contributed by atoms with Crippen molar-refractivity contribution in [3.05, 3.63) is 52.6 Å². The summed E-state index contributed by atoms with van der Waals surface area (Å²) >= 11 is 5.82. The van der Waals surface area contributed by atoms with Crippen LogP contribution in [0.15, 0.2) is 30.5 Å². The van der Waals surface area contributed by atoms with Gasteiger partial charge in [-0.25, -0.2) is 9.37 Å². The van der Waals surface area contributed by atoms with Crippen LogP contribution in [0.3, 0.4) is 0 Å². The molecule has 0 bridgehead atoms. The Bertz CT molecular complexity index is 572. The number of nitrogens with two attached hydrogens (primary N) is 1. The predicted octanol–water partition coefficient (Wildman–Crippen LogP) is 3.38. The summed E-state index contributed by atoms with van der Waals surface area (Å²) in [6.45, 7) is 2.28. The van der Waals surface area contributed by atoms with Gasteiger partial charge < -0.3 is 11.1 Å². The van der Waals surface area contributed by atoms with E-state index in [1.54, 1.807) is 31.3 Å². The number of hydrogen-bond acceptors (Lipinski definition) is 3. The predicted molar refractivity (Wildman–Crippen MR) is 72.1 cm³/mol. The number of aromatic nitrogens is 1. The van der Waals surface area contributed by atoms with E-state index in [2.05, 4.69) is 10.3 Å². The largest absolute Gasteiger partial charge is 0.395 e. The number of benzene rings is 1. The van der Waals surface area contributed by atoms with E-state index >= 15 is 0 Å². The molecule has 5 heteroatoms. The molecule has 0 aliphatic carbocycles. The molecule has 0 amide bonds. The molecule has 0 saturated heterocycles. The van der Waals surface area contributed by atoms with E-state index in [9.17, 15) is 4.39 Å². The van der Waals surface area contributed by atoms with Gasteiger partial charge in [-0.1, -0.05) is 23.7 Å². The number of nitrogens with one attached hydrogen (secondary N) is 1. The molecule has 94 valence electrons. The van der Waals surface area contributed by atoms with Gasteiger partial charge in [0.2, 0.25) is 0 Å². The first-order valence-electron chi connectivity index (χ1n) is 5.47. The number of anilines is 2. The number of nitrogens with zero attached hydrogens (tertiary/aromatic N) is 1.